The molecule has 8 nitrogen and oxygen atoms in total. The molecule has 0 saturated carbocycles. The molecule has 106 valence electrons. The van der Waals surface area contributed by atoms with Crippen molar-refractivity contribution in [3.8, 4) is 0 Å². The van der Waals surface area contributed by atoms with Gasteiger partial charge in [-0.05, 0) is 19.1 Å². The van der Waals surface area contributed by atoms with E-state index in [1.165, 1.54) is 12.1 Å². The maximum Gasteiger partial charge on any atom is 0.371 e. The molecule has 3 N–H and O–H groups in total. The smallest absolute Gasteiger partial charge is 0.371 e. The summed E-state index contributed by atoms with van der Waals surface area (Å²) in [7, 11) is 1.76. The number of aryl methyl sites for hydroxylation is 2. The van der Waals surface area contributed by atoms with E-state index in [0.717, 1.165) is 0 Å². The van der Waals surface area contributed by atoms with Crippen molar-refractivity contribution in [2.45, 2.75) is 13.5 Å². The van der Waals surface area contributed by atoms with Crippen molar-refractivity contribution in [3.05, 3.63) is 35.5 Å². The molecule has 8 heteroatoms. The van der Waals surface area contributed by atoms with Crippen molar-refractivity contribution in [2.24, 2.45) is 7.05 Å². The van der Waals surface area contributed by atoms with Gasteiger partial charge in [0.2, 0.25) is 5.76 Å². The lowest BCUT2D eigenvalue weighted by Gasteiger charge is -2.04. The molecule has 2 heterocycles. The van der Waals surface area contributed by atoms with Gasteiger partial charge in [0, 0.05) is 13.2 Å². The number of carbonyl (C=O) groups excluding carboxylic acids is 1. The monoisotopic (exact) mass is 278 g/mol. The molecule has 0 bridgehead atoms. The number of carboxylic acid groups (broad SMARTS) is 1. The number of aromatic nitrogens is 2. The van der Waals surface area contributed by atoms with Gasteiger partial charge in [0.1, 0.15) is 5.76 Å². The first kappa shape index (κ1) is 13.7. The molecule has 0 saturated heterocycles. The van der Waals surface area contributed by atoms with E-state index < -0.39 is 12.0 Å². The first-order valence-corrected chi connectivity index (χ1v) is 5.83. The molecule has 20 heavy (non-hydrogen) atoms. The third-order valence-corrected chi connectivity index (χ3v) is 2.56. The van der Waals surface area contributed by atoms with Crippen LogP contribution in [-0.4, -0.2) is 26.9 Å². The van der Waals surface area contributed by atoms with Crippen molar-refractivity contribution < 1.29 is 19.1 Å². The summed E-state index contributed by atoms with van der Waals surface area (Å²) in [4.78, 5) is 22.3. The number of furan rings is 1. The Labute approximate surface area is 114 Å². The third kappa shape index (κ3) is 3.16. The second-order valence-corrected chi connectivity index (χ2v) is 4.18. The highest BCUT2D eigenvalue weighted by Gasteiger charge is 2.11. The lowest BCUT2D eigenvalue weighted by Crippen LogP contribution is -2.28. The number of urea groups is 1. The van der Waals surface area contributed by atoms with Crippen LogP contribution in [0.25, 0.3) is 0 Å². The lowest BCUT2D eigenvalue weighted by molar-refractivity contribution is 0.0660. The molecule has 2 aromatic rings. The van der Waals surface area contributed by atoms with Gasteiger partial charge in [0.25, 0.3) is 0 Å². The highest BCUT2D eigenvalue weighted by Crippen LogP contribution is 2.11. The number of nitrogens with zero attached hydrogens (tertiary/aromatic N) is 2. The minimum absolute atomic E-state index is 0.0957. The maximum atomic E-state index is 11.7. The lowest BCUT2D eigenvalue weighted by atomic mass is 10.4. The molecule has 0 atom stereocenters. The molecule has 0 aliphatic heterocycles. The predicted molar refractivity (Wildman–Crippen MR) is 69.5 cm³/mol. The molecule has 0 spiro atoms. The van der Waals surface area contributed by atoms with Gasteiger partial charge in [-0.15, -0.1) is 0 Å². The highest BCUT2D eigenvalue weighted by atomic mass is 16.4. The third-order valence-electron chi connectivity index (χ3n) is 2.56. The summed E-state index contributed by atoms with van der Waals surface area (Å²) in [6.45, 7) is 1.87. The largest absolute Gasteiger partial charge is 0.475 e. The van der Waals surface area contributed by atoms with Gasteiger partial charge >= 0.3 is 12.0 Å². The van der Waals surface area contributed by atoms with Crippen molar-refractivity contribution in [1.29, 1.82) is 0 Å². The van der Waals surface area contributed by atoms with Crippen LogP contribution >= 0.6 is 0 Å². The normalized spacial score (nSPS) is 10.3. The van der Waals surface area contributed by atoms with Crippen LogP contribution in [0.15, 0.2) is 22.7 Å². The van der Waals surface area contributed by atoms with Gasteiger partial charge in [-0.2, -0.15) is 5.10 Å². The summed E-state index contributed by atoms with van der Waals surface area (Å²) in [5, 5.41) is 18.0. The van der Waals surface area contributed by atoms with E-state index in [4.69, 9.17) is 9.52 Å². The van der Waals surface area contributed by atoms with E-state index in [-0.39, 0.29) is 12.3 Å². The van der Waals surface area contributed by atoms with E-state index >= 15 is 0 Å². The fourth-order valence-electron chi connectivity index (χ4n) is 1.64. The van der Waals surface area contributed by atoms with E-state index in [0.29, 0.717) is 17.1 Å². The first-order chi connectivity index (χ1) is 9.45. The number of carboxylic acids is 1. The molecular weight excluding hydrogens is 264 g/mol. The number of carbonyl (C=O) groups is 2. The maximum absolute atomic E-state index is 11.7. The predicted octanol–water partition coefficient (Wildman–Crippen LogP) is 1.34. The SMILES string of the molecule is Cc1nn(C)cc1NC(=O)NCc1ccc(C(=O)O)o1. The molecule has 0 fully saturated rings. The van der Waals surface area contributed by atoms with Gasteiger partial charge < -0.3 is 20.2 Å². The van der Waals surface area contributed by atoms with Crippen LogP contribution in [0.2, 0.25) is 0 Å². The van der Waals surface area contributed by atoms with E-state index in [1.807, 2.05) is 0 Å². The first-order valence-electron chi connectivity index (χ1n) is 5.83. The number of rotatable bonds is 4. The summed E-state index contributed by atoms with van der Waals surface area (Å²) in [5.41, 5.74) is 1.31. The molecule has 0 aromatic carbocycles. The van der Waals surface area contributed by atoms with Crippen LogP contribution in [0.1, 0.15) is 22.0 Å². The zero-order valence-electron chi connectivity index (χ0n) is 11.0. The molecule has 0 aliphatic rings. The Bertz CT molecular complexity index is 644. The topological polar surface area (TPSA) is 109 Å². The summed E-state index contributed by atoms with van der Waals surface area (Å²) in [6.07, 6.45) is 1.68. The Morgan fingerprint density at radius 2 is 2.20 bits per heavy atom. The van der Waals surface area contributed by atoms with Crippen LogP contribution < -0.4 is 10.6 Å². The van der Waals surface area contributed by atoms with Gasteiger partial charge in [-0.3, -0.25) is 4.68 Å². The van der Waals surface area contributed by atoms with Gasteiger partial charge in [0.05, 0.1) is 17.9 Å². The molecule has 2 rings (SSSR count). The molecule has 0 aliphatic carbocycles. The Kier molecular flexibility index (Phi) is 3.74. The van der Waals surface area contributed by atoms with Gasteiger partial charge in [-0.1, -0.05) is 0 Å². The summed E-state index contributed by atoms with van der Waals surface area (Å²) >= 11 is 0. The summed E-state index contributed by atoms with van der Waals surface area (Å²) < 4.78 is 6.61. The van der Waals surface area contributed by atoms with E-state index in [9.17, 15) is 9.59 Å². The minimum Gasteiger partial charge on any atom is -0.475 e. The van der Waals surface area contributed by atoms with Gasteiger partial charge in [0.15, 0.2) is 0 Å². The minimum atomic E-state index is -1.15. The van der Waals surface area contributed by atoms with Crippen LogP contribution in [0.4, 0.5) is 10.5 Å². The number of anilines is 1. The molecule has 2 aromatic heterocycles. The Balaban J connectivity index is 1.88. The van der Waals surface area contributed by atoms with E-state index in [1.54, 1.807) is 24.9 Å². The molecule has 2 amide bonds. The standard InChI is InChI=1S/C12H14N4O4/c1-7-9(6-16(2)15-7)14-12(19)13-5-8-3-4-10(20-8)11(17)18/h3-4,6H,5H2,1-2H3,(H,17,18)(H2,13,14,19). The molecular formula is C12H14N4O4. The van der Waals surface area contributed by atoms with Crippen LogP contribution in [0.3, 0.4) is 0 Å². The number of hydrogen-bond donors (Lipinski definition) is 3. The van der Waals surface area contributed by atoms with Crippen molar-refractivity contribution in [1.82, 2.24) is 15.1 Å². The molecule has 0 radical (unpaired) electrons. The summed E-state index contributed by atoms with van der Waals surface area (Å²) in [5.74, 6) is -0.947. The van der Waals surface area contributed by atoms with Crippen molar-refractivity contribution in [3.63, 3.8) is 0 Å². The second kappa shape index (κ2) is 5.47. The fraction of sp³-hybridized carbons (Fsp3) is 0.250. The number of amides is 2. The van der Waals surface area contributed by atoms with Gasteiger partial charge in [-0.25, -0.2) is 9.59 Å². The molecule has 0 unspecified atom stereocenters. The Morgan fingerprint density at radius 1 is 1.45 bits per heavy atom. The van der Waals surface area contributed by atoms with Crippen LogP contribution in [-0.2, 0) is 13.6 Å². The van der Waals surface area contributed by atoms with Crippen LogP contribution in [0, 0.1) is 6.92 Å². The Hall–Kier alpha value is -2.77. The quantitative estimate of drug-likeness (QED) is 0.781. The number of nitrogens with one attached hydrogen (secondary N) is 2. The van der Waals surface area contributed by atoms with E-state index in [2.05, 4.69) is 15.7 Å². The summed E-state index contributed by atoms with van der Waals surface area (Å²) in [6, 6.07) is 2.41. The Morgan fingerprint density at radius 3 is 2.75 bits per heavy atom. The zero-order chi connectivity index (χ0) is 14.7. The van der Waals surface area contributed by atoms with Crippen LogP contribution in [0.5, 0.6) is 0 Å². The second-order valence-electron chi connectivity index (χ2n) is 4.18. The number of aromatic carboxylic acids is 1. The average Bonchev–Trinajstić information content (AvgIpc) is 2.94. The fourth-order valence-corrected chi connectivity index (χ4v) is 1.64. The average molecular weight is 278 g/mol. The number of hydrogen-bond acceptors (Lipinski definition) is 4. The van der Waals surface area contributed by atoms with Crippen molar-refractivity contribution in [2.75, 3.05) is 5.32 Å². The highest BCUT2D eigenvalue weighted by molar-refractivity contribution is 5.89. The van der Waals surface area contributed by atoms with Crippen molar-refractivity contribution >= 4 is 17.7 Å². The zero-order valence-corrected chi connectivity index (χ0v) is 11.0.